The summed E-state index contributed by atoms with van der Waals surface area (Å²) in [7, 11) is 1.85. The normalized spacial score (nSPS) is 25.4. The molecular weight excluding hydrogens is 200 g/mol. The van der Waals surface area contributed by atoms with Crippen molar-refractivity contribution in [3.8, 4) is 0 Å². The summed E-state index contributed by atoms with van der Waals surface area (Å²) in [4.78, 5) is 13.3. The van der Waals surface area contributed by atoms with Gasteiger partial charge in [-0.1, -0.05) is 19.8 Å². The molecule has 1 aliphatic rings. The van der Waals surface area contributed by atoms with Crippen LogP contribution in [0.25, 0.3) is 0 Å². The molecular formula is C13H26N2O. The van der Waals surface area contributed by atoms with Crippen LogP contribution in [0.15, 0.2) is 0 Å². The van der Waals surface area contributed by atoms with Crippen LogP contribution in [0, 0.1) is 11.8 Å². The molecule has 16 heavy (non-hydrogen) atoms. The summed E-state index contributed by atoms with van der Waals surface area (Å²) >= 11 is 0. The van der Waals surface area contributed by atoms with Crippen molar-refractivity contribution in [3.63, 3.8) is 0 Å². The van der Waals surface area contributed by atoms with Crippen molar-refractivity contribution < 1.29 is 4.79 Å². The van der Waals surface area contributed by atoms with Gasteiger partial charge in [-0.3, -0.25) is 4.79 Å². The largest absolute Gasteiger partial charge is 0.345 e. The highest BCUT2D eigenvalue weighted by Crippen LogP contribution is 2.27. The summed E-state index contributed by atoms with van der Waals surface area (Å²) in [5.41, 5.74) is 0. The fourth-order valence-electron chi connectivity index (χ4n) is 2.23. The van der Waals surface area contributed by atoms with Crippen LogP contribution >= 0.6 is 0 Å². The molecule has 0 saturated heterocycles. The van der Waals surface area contributed by atoms with Crippen LogP contribution in [-0.2, 0) is 4.79 Å². The second-order valence-electron chi connectivity index (χ2n) is 5.16. The quantitative estimate of drug-likeness (QED) is 0.776. The molecule has 1 aliphatic carbocycles. The van der Waals surface area contributed by atoms with Gasteiger partial charge >= 0.3 is 0 Å². The predicted molar refractivity (Wildman–Crippen MR) is 67.3 cm³/mol. The Balaban J connectivity index is 2.09. The Kier molecular flexibility index (Phi) is 5.81. The van der Waals surface area contributed by atoms with Crippen molar-refractivity contribution in [2.45, 2.75) is 39.5 Å². The summed E-state index contributed by atoms with van der Waals surface area (Å²) < 4.78 is 0. The summed E-state index contributed by atoms with van der Waals surface area (Å²) in [6, 6.07) is 0. The lowest BCUT2D eigenvalue weighted by molar-refractivity contribution is -0.128. The number of likely N-dealkylation sites (N-methyl/N-ethyl adjacent to an activating group) is 1. The van der Waals surface area contributed by atoms with Gasteiger partial charge in [-0.15, -0.1) is 0 Å². The Bertz CT molecular complexity index is 210. The number of nitrogens with zero attached hydrogens (tertiary/aromatic N) is 1. The number of rotatable bonds is 5. The Morgan fingerprint density at radius 1 is 1.31 bits per heavy atom. The number of hydrogen-bond donors (Lipinski definition) is 1. The first-order chi connectivity index (χ1) is 7.63. The zero-order chi connectivity index (χ0) is 12.0. The highest BCUT2D eigenvalue weighted by Gasteiger charge is 2.18. The molecule has 3 nitrogen and oxygen atoms in total. The second-order valence-corrected chi connectivity index (χ2v) is 5.16. The van der Waals surface area contributed by atoms with Crippen LogP contribution < -0.4 is 5.32 Å². The van der Waals surface area contributed by atoms with Crippen molar-refractivity contribution in [1.82, 2.24) is 10.2 Å². The fourth-order valence-corrected chi connectivity index (χ4v) is 2.23. The first-order valence-electron chi connectivity index (χ1n) is 6.58. The standard InChI is InChI=1S/C13H26N2O/c1-4-15(3)13(16)10-14-9-12-7-5-11(2)6-8-12/h11-12,14H,4-10H2,1-3H3. The van der Waals surface area contributed by atoms with E-state index in [9.17, 15) is 4.79 Å². The molecule has 0 radical (unpaired) electrons. The molecule has 3 heteroatoms. The molecule has 0 spiro atoms. The maximum Gasteiger partial charge on any atom is 0.236 e. The third-order valence-electron chi connectivity index (χ3n) is 3.74. The number of carbonyl (C=O) groups excluding carboxylic acids is 1. The van der Waals surface area contributed by atoms with Gasteiger partial charge in [0.1, 0.15) is 0 Å². The van der Waals surface area contributed by atoms with Crippen LogP contribution in [0.4, 0.5) is 0 Å². The Morgan fingerprint density at radius 3 is 2.50 bits per heavy atom. The highest BCUT2D eigenvalue weighted by atomic mass is 16.2. The SMILES string of the molecule is CCN(C)C(=O)CNCC1CCC(C)CC1. The molecule has 0 aliphatic heterocycles. The molecule has 1 saturated carbocycles. The van der Waals surface area contributed by atoms with Gasteiger partial charge in [-0.05, 0) is 38.1 Å². The van der Waals surface area contributed by atoms with E-state index in [1.54, 1.807) is 4.90 Å². The van der Waals surface area contributed by atoms with Crippen LogP contribution in [0.1, 0.15) is 39.5 Å². The van der Waals surface area contributed by atoms with Crippen molar-refractivity contribution in [1.29, 1.82) is 0 Å². The fraction of sp³-hybridized carbons (Fsp3) is 0.923. The van der Waals surface area contributed by atoms with Gasteiger partial charge in [0.2, 0.25) is 5.91 Å². The Morgan fingerprint density at radius 2 is 1.94 bits per heavy atom. The van der Waals surface area contributed by atoms with Crippen molar-refractivity contribution in [3.05, 3.63) is 0 Å². The van der Waals surface area contributed by atoms with E-state index in [-0.39, 0.29) is 5.91 Å². The molecule has 0 aromatic rings. The average Bonchev–Trinajstić information content (AvgIpc) is 2.30. The van der Waals surface area contributed by atoms with Gasteiger partial charge in [0.05, 0.1) is 6.54 Å². The third-order valence-corrected chi connectivity index (χ3v) is 3.74. The van der Waals surface area contributed by atoms with E-state index < -0.39 is 0 Å². The highest BCUT2D eigenvalue weighted by molar-refractivity contribution is 5.77. The summed E-state index contributed by atoms with van der Waals surface area (Å²) in [6.45, 7) is 6.64. The summed E-state index contributed by atoms with van der Waals surface area (Å²) in [5.74, 6) is 1.90. The molecule has 1 fully saturated rings. The maximum absolute atomic E-state index is 11.5. The first-order valence-corrected chi connectivity index (χ1v) is 6.58. The molecule has 1 rings (SSSR count). The average molecular weight is 226 g/mol. The molecule has 1 amide bonds. The monoisotopic (exact) mass is 226 g/mol. The Labute approximate surface area is 99.6 Å². The van der Waals surface area contributed by atoms with Gasteiger partial charge in [0, 0.05) is 13.6 Å². The maximum atomic E-state index is 11.5. The number of nitrogens with one attached hydrogen (secondary N) is 1. The van der Waals surface area contributed by atoms with E-state index >= 15 is 0 Å². The first kappa shape index (κ1) is 13.5. The molecule has 94 valence electrons. The van der Waals surface area contributed by atoms with Crippen molar-refractivity contribution in [2.75, 3.05) is 26.7 Å². The second kappa shape index (κ2) is 6.89. The molecule has 0 aromatic heterocycles. The van der Waals surface area contributed by atoms with E-state index in [2.05, 4.69) is 12.2 Å². The zero-order valence-electron chi connectivity index (χ0n) is 11.0. The van der Waals surface area contributed by atoms with Gasteiger partial charge in [0.25, 0.3) is 0 Å². The lowest BCUT2D eigenvalue weighted by Crippen LogP contribution is -2.37. The number of carbonyl (C=O) groups is 1. The van der Waals surface area contributed by atoms with E-state index in [0.29, 0.717) is 6.54 Å². The van der Waals surface area contributed by atoms with Crippen LogP contribution in [0.2, 0.25) is 0 Å². The summed E-state index contributed by atoms with van der Waals surface area (Å²) in [5, 5.41) is 3.29. The van der Waals surface area contributed by atoms with Gasteiger partial charge in [-0.25, -0.2) is 0 Å². The topological polar surface area (TPSA) is 32.3 Å². The minimum atomic E-state index is 0.201. The van der Waals surface area contributed by atoms with E-state index in [0.717, 1.165) is 24.9 Å². The minimum Gasteiger partial charge on any atom is -0.345 e. The van der Waals surface area contributed by atoms with Gasteiger partial charge in [-0.2, -0.15) is 0 Å². The number of amides is 1. The smallest absolute Gasteiger partial charge is 0.236 e. The van der Waals surface area contributed by atoms with E-state index in [1.165, 1.54) is 25.7 Å². The molecule has 0 unspecified atom stereocenters. The molecule has 0 aromatic carbocycles. The van der Waals surface area contributed by atoms with Gasteiger partial charge in [0.15, 0.2) is 0 Å². The lowest BCUT2D eigenvalue weighted by Gasteiger charge is -2.26. The van der Waals surface area contributed by atoms with E-state index in [4.69, 9.17) is 0 Å². The lowest BCUT2D eigenvalue weighted by atomic mass is 9.83. The van der Waals surface area contributed by atoms with Crippen LogP contribution in [0.5, 0.6) is 0 Å². The van der Waals surface area contributed by atoms with Gasteiger partial charge < -0.3 is 10.2 Å². The third kappa shape index (κ3) is 4.52. The summed E-state index contributed by atoms with van der Waals surface area (Å²) in [6.07, 6.45) is 5.36. The molecule has 0 bridgehead atoms. The van der Waals surface area contributed by atoms with Crippen molar-refractivity contribution in [2.24, 2.45) is 11.8 Å². The Hall–Kier alpha value is -0.570. The molecule has 1 N–H and O–H groups in total. The van der Waals surface area contributed by atoms with Crippen molar-refractivity contribution >= 4 is 5.91 Å². The van der Waals surface area contributed by atoms with Crippen LogP contribution in [-0.4, -0.2) is 37.5 Å². The van der Waals surface area contributed by atoms with Crippen LogP contribution in [0.3, 0.4) is 0 Å². The zero-order valence-corrected chi connectivity index (χ0v) is 11.0. The minimum absolute atomic E-state index is 0.201. The predicted octanol–water partition coefficient (Wildman–Crippen LogP) is 1.88. The number of hydrogen-bond acceptors (Lipinski definition) is 2. The molecule has 0 atom stereocenters. The van der Waals surface area contributed by atoms with E-state index in [1.807, 2.05) is 14.0 Å². The molecule has 0 heterocycles.